The van der Waals surface area contributed by atoms with E-state index in [1.807, 2.05) is 12.1 Å². The van der Waals surface area contributed by atoms with Crippen LogP contribution < -0.4 is 0 Å². The zero-order valence-electron chi connectivity index (χ0n) is 8.91. The van der Waals surface area contributed by atoms with Crippen LogP contribution in [-0.4, -0.2) is 21.3 Å². The molecule has 0 atom stereocenters. The fourth-order valence-corrected chi connectivity index (χ4v) is 2.73. The Labute approximate surface area is 101 Å². The second kappa shape index (κ2) is 4.10. The Morgan fingerprint density at radius 3 is 3.06 bits per heavy atom. The van der Waals surface area contributed by atoms with E-state index in [0.717, 1.165) is 0 Å². The predicted octanol–water partition coefficient (Wildman–Crippen LogP) is 2.35. The van der Waals surface area contributed by atoms with E-state index < -0.39 is 0 Å². The quantitative estimate of drug-likeness (QED) is 0.663. The number of rotatable bonds is 3. The van der Waals surface area contributed by atoms with E-state index in [0.29, 0.717) is 18.5 Å². The van der Waals surface area contributed by atoms with Gasteiger partial charge in [-0.25, -0.2) is 4.68 Å². The highest BCUT2D eigenvalue weighted by molar-refractivity contribution is 7.17. The average molecular weight is 243 g/mol. The Hall–Kier alpha value is -2.01. The molecule has 0 unspecified atom stereocenters. The molecule has 0 aliphatic rings. The zero-order chi connectivity index (χ0) is 11.7. The standard InChI is InChI=1S/C12H9N3OS/c16-7-10-6-15(14-13-10)5-9-8-17-12-4-2-1-3-11(9)12/h1-4,6-8H,5H2. The van der Waals surface area contributed by atoms with E-state index in [-0.39, 0.29) is 0 Å². The molecule has 0 N–H and O–H groups in total. The van der Waals surface area contributed by atoms with Crippen LogP contribution in [-0.2, 0) is 6.54 Å². The summed E-state index contributed by atoms with van der Waals surface area (Å²) in [7, 11) is 0. The van der Waals surface area contributed by atoms with Crippen molar-refractivity contribution in [2.45, 2.75) is 6.54 Å². The molecule has 2 aromatic heterocycles. The van der Waals surface area contributed by atoms with Crippen LogP contribution in [0.4, 0.5) is 0 Å². The number of nitrogens with zero attached hydrogens (tertiary/aromatic N) is 3. The molecule has 0 spiro atoms. The third-order valence-corrected chi connectivity index (χ3v) is 3.58. The minimum absolute atomic E-state index is 0.365. The summed E-state index contributed by atoms with van der Waals surface area (Å²) in [6.45, 7) is 0.644. The van der Waals surface area contributed by atoms with Gasteiger partial charge in [0, 0.05) is 4.70 Å². The minimum atomic E-state index is 0.365. The fraction of sp³-hybridized carbons (Fsp3) is 0.0833. The minimum Gasteiger partial charge on any atom is -0.296 e. The van der Waals surface area contributed by atoms with E-state index in [1.54, 1.807) is 22.2 Å². The Kier molecular flexibility index (Phi) is 2.45. The summed E-state index contributed by atoms with van der Waals surface area (Å²) in [5.41, 5.74) is 1.57. The molecule has 84 valence electrons. The third-order valence-electron chi connectivity index (χ3n) is 2.57. The number of hydrogen-bond acceptors (Lipinski definition) is 4. The topological polar surface area (TPSA) is 47.8 Å². The molecule has 0 aliphatic heterocycles. The second-order valence-corrected chi connectivity index (χ2v) is 4.63. The molecule has 3 rings (SSSR count). The maximum absolute atomic E-state index is 10.5. The summed E-state index contributed by atoms with van der Waals surface area (Å²) >= 11 is 1.71. The zero-order valence-corrected chi connectivity index (χ0v) is 9.72. The molecule has 0 bridgehead atoms. The molecule has 5 heteroatoms. The average Bonchev–Trinajstić information content (AvgIpc) is 2.97. The van der Waals surface area contributed by atoms with Gasteiger partial charge in [0.05, 0.1) is 12.7 Å². The van der Waals surface area contributed by atoms with Crippen LogP contribution in [0.15, 0.2) is 35.8 Å². The van der Waals surface area contributed by atoms with Crippen molar-refractivity contribution in [3.05, 3.63) is 47.1 Å². The van der Waals surface area contributed by atoms with Crippen molar-refractivity contribution in [1.82, 2.24) is 15.0 Å². The molecule has 2 heterocycles. The molecule has 0 aliphatic carbocycles. The van der Waals surface area contributed by atoms with Crippen molar-refractivity contribution in [3.8, 4) is 0 Å². The Balaban J connectivity index is 1.96. The number of hydrogen-bond donors (Lipinski definition) is 0. The maximum atomic E-state index is 10.5. The van der Waals surface area contributed by atoms with Gasteiger partial charge in [0.1, 0.15) is 5.69 Å². The van der Waals surface area contributed by atoms with Crippen LogP contribution in [0, 0.1) is 0 Å². The predicted molar refractivity (Wildman–Crippen MR) is 66.3 cm³/mol. The molecule has 1 aromatic carbocycles. The first-order valence-corrected chi connectivity index (χ1v) is 6.05. The fourth-order valence-electron chi connectivity index (χ4n) is 1.77. The number of aldehydes is 1. The van der Waals surface area contributed by atoms with Crippen molar-refractivity contribution < 1.29 is 4.79 Å². The van der Waals surface area contributed by atoms with Gasteiger partial charge < -0.3 is 0 Å². The lowest BCUT2D eigenvalue weighted by atomic mass is 10.2. The molecule has 0 fully saturated rings. The van der Waals surface area contributed by atoms with Crippen LogP contribution in [0.1, 0.15) is 16.1 Å². The molecule has 17 heavy (non-hydrogen) atoms. The van der Waals surface area contributed by atoms with Gasteiger partial charge in [0.15, 0.2) is 6.29 Å². The highest BCUT2D eigenvalue weighted by Crippen LogP contribution is 2.25. The summed E-state index contributed by atoms with van der Waals surface area (Å²) in [5.74, 6) is 0. The van der Waals surface area contributed by atoms with Crippen molar-refractivity contribution in [2.24, 2.45) is 0 Å². The normalized spacial score (nSPS) is 10.8. The highest BCUT2D eigenvalue weighted by Gasteiger charge is 2.05. The Morgan fingerprint density at radius 1 is 1.35 bits per heavy atom. The van der Waals surface area contributed by atoms with Crippen LogP contribution in [0.3, 0.4) is 0 Å². The largest absolute Gasteiger partial charge is 0.296 e. The molecular formula is C12H9N3OS. The summed E-state index contributed by atoms with van der Waals surface area (Å²) < 4.78 is 2.94. The SMILES string of the molecule is O=Cc1cn(Cc2csc3ccccc23)nn1. The molecular weight excluding hydrogens is 234 g/mol. The number of fused-ring (bicyclic) bond motifs is 1. The lowest BCUT2D eigenvalue weighted by Gasteiger charge is -1.98. The van der Waals surface area contributed by atoms with Gasteiger partial charge in [0.25, 0.3) is 0 Å². The van der Waals surface area contributed by atoms with E-state index in [9.17, 15) is 4.79 Å². The van der Waals surface area contributed by atoms with Gasteiger partial charge in [-0.15, -0.1) is 16.4 Å². The first-order valence-electron chi connectivity index (χ1n) is 5.17. The molecule has 0 radical (unpaired) electrons. The second-order valence-electron chi connectivity index (χ2n) is 3.72. The van der Waals surface area contributed by atoms with E-state index in [1.165, 1.54) is 15.6 Å². The first kappa shape index (κ1) is 10.2. The maximum Gasteiger partial charge on any atom is 0.171 e. The highest BCUT2D eigenvalue weighted by atomic mass is 32.1. The molecule has 0 saturated carbocycles. The van der Waals surface area contributed by atoms with Crippen molar-refractivity contribution in [2.75, 3.05) is 0 Å². The van der Waals surface area contributed by atoms with Crippen molar-refractivity contribution in [3.63, 3.8) is 0 Å². The number of carbonyl (C=O) groups excluding carboxylic acids is 1. The third kappa shape index (κ3) is 1.85. The summed E-state index contributed by atoms with van der Waals surface area (Å²) in [4.78, 5) is 10.5. The van der Waals surface area contributed by atoms with Gasteiger partial charge in [0.2, 0.25) is 0 Å². The molecule has 3 aromatic rings. The van der Waals surface area contributed by atoms with Gasteiger partial charge in [-0.05, 0) is 22.4 Å². The van der Waals surface area contributed by atoms with Crippen LogP contribution in [0.5, 0.6) is 0 Å². The smallest absolute Gasteiger partial charge is 0.171 e. The van der Waals surface area contributed by atoms with Gasteiger partial charge in [-0.3, -0.25) is 4.79 Å². The lowest BCUT2D eigenvalue weighted by Crippen LogP contribution is -1.99. The van der Waals surface area contributed by atoms with E-state index in [4.69, 9.17) is 0 Å². The number of carbonyl (C=O) groups is 1. The van der Waals surface area contributed by atoms with E-state index >= 15 is 0 Å². The number of benzene rings is 1. The number of aromatic nitrogens is 3. The summed E-state index contributed by atoms with van der Waals surface area (Å²) in [6.07, 6.45) is 2.36. The lowest BCUT2D eigenvalue weighted by molar-refractivity contribution is 0.111. The van der Waals surface area contributed by atoms with E-state index in [2.05, 4.69) is 27.8 Å². The first-order chi connectivity index (χ1) is 8.36. The molecule has 0 saturated heterocycles. The monoisotopic (exact) mass is 243 g/mol. The number of thiophene rings is 1. The summed E-state index contributed by atoms with van der Waals surface area (Å²) in [5, 5.41) is 11.0. The summed E-state index contributed by atoms with van der Waals surface area (Å²) in [6, 6.07) is 8.25. The van der Waals surface area contributed by atoms with Crippen LogP contribution in [0.25, 0.3) is 10.1 Å². The van der Waals surface area contributed by atoms with Crippen molar-refractivity contribution >= 4 is 27.7 Å². The van der Waals surface area contributed by atoms with Crippen LogP contribution in [0.2, 0.25) is 0 Å². The van der Waals surface area contributed by atoms with Crippen LogP contribution >= 0.6 is 11.3 Å². The Bertz CT molecular complexity index is 671. The molecule has 4 nitrogen and oxygen atoms in total. The van der Waals surface area contributed by atoms with Crippen molar-refractivity contribution in [1.29, 1.82) is 0 Å². The van der Waals surface area contributed by atoms with Gasteiger partial charge in [-0.2, -0.15) is 0 Å². The molecule has 0 amide bonds. The van der Waals surface area contributed by atoms with Gasteiger partial charge in [-0.1, -0.05) is 23.4 Å². The van der Waals surface area contributed by atoms with Gasteiger partial charge >= 0.3 is 0 Å². The Morgan fingerprint density at radius 2 is 2.24 bits per heavy atom.